The quantitative estimate of drug-likeness (QED) is 0.789. The highest BCUT2D eigenvalue weighted by Gasteiger charge is 2.30. The van der Waals surface area contributed by atoms with Gasteiger partial charge in [-0.15, -0.1) is 5.10 Å². The third kappa shape index (κ3) is 2.70. The fraction of sp³-hybridized carbons (Fsp3) is 0.444. The van der Waals surface area contributed by atoms with Crippen molar-refractivity contribution in [2.24, 2.45) is 0 Å². The molecule has 0 saturated carbocycles. The zero-order valence-electron chi connectivity index (χ0n) is 14.1. The van der Waals surface area contributed by atoms with E-state index >= 15 is 0 Å². The maximum atomic E-state index is 10.8. The summed E-state index contributed by atoms with van der Waals surface area (Å²) in [4.78, 5) is 8.60. The summed E-state index contributed by atoms with van der Waals surface area (Å²) in [6.45, 7) is 6.07. The molecule has 1 N–H and O–H groups in total. The second-order valence-corrected chi connectivity index (χ2v) is 7.56. The summed E-state index contributed by atoms with van der Waals surface area (Å²) in [5.74, 6) is 0.916. The second kappa shape index (κ2) is 6.18. The number of thiazole rings is 1. The Kier molecular flexibility index (Phi) is 4.02. The molecule has 1 aliphatic rings. The molecule has 1 saturated heterocycles. The van der Waals surface area contributed by atoms with Crippen LogP contribution in [0.4, 0.5) is 0 Å². The minimum absolute atomic E-state index is 0.0692. The van der Waals surface area contributed by atoms with Crippen molar-refractivity contribution in [3.63, 3.8) is 0 Å². The van der Waals surface area contributed by atoms with Gasteiger partial charge in [0.05, 0.1) is 10.9 Å². The van der Waals surface area contributed by atoms with E-state index in [4.69, 9.17) is 0 Å². The largest absolute Gasteiger partial charge is 0.492 e. The Bertz CT molecular complexity index is 846. The number of aryl methyl sites for hydroxylation is 2. The van der Waals surface area contributed by atoms with E-state index in [1.54, 1.807) is 15.9 Å². The third-order valence-electron chi connectivity index (χ3n) is 4.70. The summed E-state index contributed by atoms with van der Waals surface area (Å²) in [5, 5.41) is 15.1. The number of aromatic hydroxyl groups is 1. The highest BCUT2D eigenvalue weighted by molar-refractivity contribution is 7.17. The normalized spacial score (nSPS) is 17.4. The number of likely N-dealkylation sites (tertiary alicyclic amines) is 1. The van der Waals surface area contributed by atoms with Crippen molar-refractivity contribution in [1.82, 2.24) is 19.5 Å². The molecule has 2 aromatic heterocycles. The molecule has 3 aromatic rings. The topological polar surface area (TPSA) is 53.7 Å². The minimum Gasteiger partial charge on any atom is -0.492 e. The van der Waals surface area contributed by atoms with Crippen molar-refractivity contribution in [2.45, 2.75) is 39.2 Å². The predicted octanol–water partition coefficient (Wildman–Crippen LogP) is 3.69. The van der Waals surface area contributed by atoms with Gasteiger partial charge in [0.2, 0.25) is 10.8 Å². The van der Waals surface area contributed by atoms with Crippen LogP contribution >= 0.6 is 11.3 Å². The van der Waals surface area contributed by atoms with Crippen molar-refractivity contribution in [2.75, 3.05) is 13.1 Å². The van der Waals surface area contributed by atoms with Crippen molar-refractivity contribution in [1.29, 1.82) is 0 Å². The molecule has 1 aromatic carbocycles. The van der Waals surface area contributed by atoms with Gasteiger partial charge in [-0.25, -0.2) is 4.98 Å². The van der Waals surface area contributed by atoms with E-state index in [-0.39, 0.29) is 11.9 Å². The van der Waals surface area contributed by atoms with Crippen molar-refractivity contribution >= 4 is 16.3 Å². The molecule has 1 unspecified atom stereocenters. The summed E-state index contributed by atoms with van der Waals surface area (Å²) >= 11 is 1.54. The average molecular weight is 342 g/mol. The Morgan fingerprint density at radius 3 is 2.46 bits per heavy atom. The summed E-state index contributed by atoms with van der Waals surface area (Å²) in [7, 11) is 0. The minimum atomic E-state index is 0.0692. The van der Waals surface area contributed by atoms with Crippen molar-refractivity contribution in [3.05, 3.63) is 46.1 Å². The van der Waals surface area contributed by atoms with E-state index in [0.29, 0.717) is 5.82 Å². The smallest absolute Gasteiger partial charge is 0.230 e. The Morgan fingerprint density at radius 2 is 1.79 bits per heavy atom. The second-order valence-electron chi connectivity index (χ2n) is 6.55. The molecule has 1 fully saturated rings. The molecule has 0 amide bonds. The highest BCUT2D eigenvalue weighted by atomic mass is 32.1. The number of aromatic nitrogens is 3. The van der Waals surface area contributed by atoms with Crippen LogP contribution in [0.25, 0.3) is 4.96 Å². The van der Waals surface area contributed by atoms with Crippen LogP contribution in [0, 0.1) is 13.8 Å². The van der Waals surface area contributed by atoms with Crippen LogP contribution in [0.5, 0.6) is 5.88 Å². The Balaban J connectivity index is 1.82. The molecule has 1 aliphatic heterocycles. The van der Waals surface area contributed by atoms with E-state index in [1.807, 2.05) is 6.92 Å². The van der Waals surface area contributed by atoms with Crippen molar-refractivity contribution < 1.29 is 5.11 Å². The molecule has 3 heterocycles. The molecule has 1 atom stereocenters. The maximum Gasteiger partial charge on any atom is 0.230 e. The fourth-order valence-electron chi connectivity index (χ4n) is 3.48. The molecule has 24 heavy (non-hydrogen) atoms. The number of benzene rings is 1. The fourth-order valence-corrected chi connectivity index (χ4v) is 4.64. The van der Waals surface area contributed by atoms with Gasteiger partial charge in [0.1, 0.15) is 5.82 Å². The van der Waals surface area contributed by atoms with Crippen LogP contribution < -0.4 is 0 Å². The highest BCUT2D eigenvalue weighted by Crippen LogP contribution is 2.40. The van der Waals surface area contributed by atoms with Gasteiger partial charge in [0, 0.05) is 0 Å². The van der Waals surface area contributed by atoms with Gasteiger partial charge in [0.15, 0.2) is 0 Å². The lowest BCUT2D eigenvalue weighted by atomic mass is 9.99. The Hall–Kier alpha value is -1.92. The van der Waals surface area contributed by atoms with Gasteiger partial charge in [-0.05, 0) is 45.3 Å². The molecule has 0 radical (unpaired) electrons. The molecule has 126 valence electrons. The summed E-state index contributed by atoms with van der Waals surface area (Å²) in [5.41, 5.74) is 2.47. The number of rotatable bonds is 3. The lowest BCUT2D eigenvalue weighted by Crippen LogP contribution is -2.34. The van der Waals surface area contributed by atoms with Crippen LogP contribution in [0.1, 0.15) is 47.1 Å². The lowest BCUT2D eigenvalue weighted by Gasteiger charge is -2.34. The van der Waals surface area contributed by atoms with Gasteiger partial charge >= 0.3 is 0 Å². The van der Waals surface area contributed by atoms with Gasteiger partial charge in [-0.1, -0.05) is 47.6 Å². The van der Waals surface area contributed by atoms with E-state index in [2.05, 4.69) is 46.2 Å². The first-order chi connectivity index (χ1) is 11.6. The summed E-state index contributed by atoms with van der Waals surface area (Å²) in [6, 6.07) is 8.71. The van der Waals surface area contributed by atoms with Gasteiger partial charge in [0.25, 0.3) is 0 Å². The van der Waals surface area contributed by atoms with E-state index in [0.717, 1.165) is 22.9 Å². The monoisotopic (exact) mass is 342 g/mol. The SMILES string of the molecule is Cc1ccc(C(c2sc3nc(C)nn3c2O)N2CCCCC2)cc1. The van der Waals surface area contributed by atoms with Crippen LogP contribution in [-0.4, -0.2) is 37.7 Å². The first kappa shape index (κ1) is 15.6. The Labute approximate surface area is 145 Å². The summed E-state index contributed by atoms with van der Waals surface area (Å²) in [6.07, 6.45) is 3.71. The molecule has 0 aliphatic carbocycles. The predicted molar refractivity (Wildman–Crippen MR) is 95.7 cm³/mol. The molecule has 6 heteroatoms. The molecular formula is C18H22N4OS. The van der Waals surface area contributed by atoms with Crippen molar-refractivity contribution in [3.8, 4) is 5.88 Å². The zero-order chi connectivity index (χ0) is 16.7. The number of hydrogen-bond acceptors (Lipinski definition) is 5. The third-order valence-corrected chi connectivity index (χ3v) is 5.78. The molecule has 0 bridgehead atoms. The van der Waals surface area contributed by atoms with Crippen LogP contribution in [0.2, 0.25) is 0 Å². The number of fused-ring (bicyclic) bond motifs is 1. The van der Waals surface area contributed by atoms with Gasteiger partial charge in [-0.3, -0.25) is 4.90 Å². The van der Waals surface area contributed by atoms with Gasteiger partial charge in [-0.2, -0.15) is 4.52 Å². The molecule has 0 spiro atoms. The molecule has 4 rings (SSSR count). The first-order valence-electron chi connectivity index (χ1n) is 8.49. The van der Waals surface area contributed by atoms with Crippen LogP contribution in [0.3, 0.4) is 0 Å². The number of hydrogen-bond donors (Lipinski definition) is 1. The van der Waals surface area contributed by atoms with E-state index < -0.39 is 0 Å². The summed E-state index contributed by atoms with van der Waals surface area (Å²) < 4.78 is 1.57. The van der Waals surface area contributed by atoms with E-state index in [1.165, 1.54) is 30.4 Å². The molecule has 5 nitrogen and oxygen atoms in total. The standard InChI is InChI=1S/C18H22N4OS/c1-12-6-8-14(9-7-12)15(21-10-4-3-5-11-21)16-17(23)22-18(24-16)19-13(2)20-22/h6-9,15,23H,3-5,10-11H2,1-2H3. The van der Waals surface area contributed by atoms with Crippen LogP contribution in [0.15, 0.2) is 24.3 Å². The number of nitrogens with zero attached hydrogens (tertiary/aromatic N) is 4. The van der Waals surface area contributed by atoms with Crippen LogP contribution in [-0.2, 0) is 0 Å². The number of piperidine rings is 1. The molecular weight excluding hydrogens is 320 g/mol. The Morgan fingerprint density at radius 1 is 1.08 bits per heavy atom. The zero-order valence-corrected chi connectivity index (χ0v) is 14.9. The average Bonchev–Trinajstić information content (AvgIpc) is 3.09. The van der Waals surface area contributed by atoms with E-state index in [9.17, 15) is 5.11 Å². The van der Waals surface area contributed by atoms with Gasteiger partial charge < -0.3 is 5.11 Å². The first-order valence-corrected chi connectivity index (χ1v) is 9.31. The maximum absolute atomic E-state index is 10.8. The lowest BCUT2D eigenvalue weighted by molar-refractivity contribution is 0.186.